The first kappa shape index (κ1) is 18.2. The molecule has 0 aliphatic carbocycles. The second-order valence-electron chi connectivity index (χ2n) is 6.42. The summed E-state index contributed by atoms with van der Waals surface area (Å²) in [6.45, 7) is 5.67. The maximum absolute atomic E-state index is 2.37. The number of hydrogen-bond donors (Lipinski definition) is 0. The SMILES string of the molecule is CCCCCCCCCCCCCC[n+]1ccccc1C. The van der Waals surface area contributed by atoms with Gasteiger partial charge in [0.15, 0.2) is 11.9 Å². The van der Waals surface area contributed by atoms with E-state index in [0.29, 0.717) is 0 Å². The highest BCUT2D eigenvalue weighted by Crippen LogP contribution is 2.11. The third-order valence-corrected chi connectivity index (χ3v) is 4.42. The van der Waals surface area contributed by atoms with Gasteiger partial charge in [0.05, 0.1) is 0 Å². The van der Waals surface area contributed by atoms with Crippen molar-refractivity contribution >= 4 is 0 Å². The smallest absolute Gasteiger partial charge is 0.178 e. The molecule has 0 N–H and O–H groups in total. The summed E-state index contributed by atoms with van der Waals surface area (Å²) in [6, 6.07) is 6.45. The Morgan fingerprint density at radius 2 is 1.24 bits per heavy atom. The molecule has 0 unspecified atom stereocenters. The summed E-state index contributed by atoms with van der Waals surface area (Å²) in [6.07, 6.45) is 19.3. The Kier molecular flexibility index (Phi) is 11.1. The van der Waals surface area contributed by atoms with Crippen molar-refractivity contribution in [3.8, 4) is 0 Å². The van der Waals surface area contributed by atoms with Gasteiger partial charge in [0.2, 0.25) is 0 Å². The largest absolute Gasteiger partial charge is 0.203 e. The van der Waals surface area contributed by atoms with Crippen molar-refractivity contribution in [2.24, 2.45) is 0 Å². The number of nitrogens with zero attached hydrogens (tertiary/aromatic N) is 1. The van der Waals surface area contributed by atoms with Gasteiger partial charge in [-0.05, 0) is 6.42 Å². The summed E-state index contributed by atoms with van der Waals surface area (Å²) >= 11 is 0. The van der Waals surface area contributed by atoms with Crippen LogP contribution in [0.25, 0.3) is 0 Å². The maximum Gasteiger partial charge on any atom is 0.178 e. The molecule has 1 heterocycles. The zero-order chi connectivity index (χ0) is 15.2. The van der Waals surface area contributed by atoms with Crippen LogP contribution in [0.5, 0.6) is 0 Å². The van der Waals surface area contributed by atoms with E-state index in [2.05, 4.69) is 42.8 Å². The zero-order valence-electron chi connectivity index (χ0n) is 14.4. The second-order valence-corrected chi connectivity index (χ2v) is 6.42. The third kappa shape index (κ3) is 9.66. The summed E-state index contributed by atoms with van der Waals surface area (Å²) in [7, 11) is 0. The third-order valence-electron chi connectivity index (χ3n) is 4.42. The van der Waals surface area contributed by atoms with Crippen LogP contribution in [0.2, 0.25) is 0 Å². The lowest BCUT2D eigenvalue weighted by atomic mass is 10.1. The molecule has 0 aliphatic rings. The van der Waals surface area contributed by atoms with Crippen LogP contribution in [0.4, 0.5) is 0 Å². The Balaban J connectivity index is 1.84. The van der Waals surface area contributed by atoms with E-state index in [9.17, 15) is 0 Å². The topological polar surface area (TPSA) is 3.88 Å². The van der Waals surface area contributed by atoms with E-state index in [1.807, 2.05) is 0 Å². The van der Waals surface area contributed by atoms with Gasteiger partial charge < -0.3 is 0 Å². The molecular weight excluding hydrogens is 254 g/mol. The molecule has 0 bridgehead atoms. The van der Waals surface area contributed by atoms with Gasteiger partial charge in [-0.3, -0.25) is 0 Å². The summed E-state index contributed by atoms with van der Waals surface area (Å²) in [5, 5.41) is 0. The molecule has 0 radical (unpaired) electrons. The van der Waals surface area contributed by atoms with E-state index >= 15 is 0 Å². The van der Waals surface area contributed by atoms with E-state index in [-0.39, 0.29) is 0 Å². The summed E-state index contributed by atoms with van der Waals surface area (Å²) in [5.41, 5.74) is 1.38. The summed E-state index contributed by atoms with van der Waals surface area (Å²) < 4.78 is 2.37. The molecule has 1 aromatic rings. The quantitative estimate of drug-likeness (QED) is 0.310. The molecule has 1 aromatic heterocycles. The molecule has 0 spiro atoms. The van der Waals surface area contributed by atoms with Gasteiger partial charge in [-0.2, -0.15) is 0 Å². The van der Waals surface area contributed by atoms with Crippen molar-refractivity contribution in [3.63, 3.8) is 0 Å². The standard InChI is InChI=1S/C20H36N/c1-3-4-5-6-7-8-9-10-11-12-13-15-18-21-19-16-14-17-20(21)2/h14,16-17,19H,3-13,15,18H2,1-2H3/q+1. The first-order valence-electron chi connectivity index (χ1n) is 9.29. The van der Waals surface area contributed by atoms with Gasteiger partial charge in [0.25, 0.3) is 0 Å². The number of unbranched alkanes of at least 4 members (excludes halogenated alkanes) is 11. The van der Waals surface area contributed by atoms with Crippen LogP contribution in [0.15, 0.2) is 24.4 Å². The average Bonchev–Trinajstić information content (AvgIpc) is 2.50. The lowest BCUT2D eigenvalue weighted by Crippen LogP contribution is -2.36. The molecule has 0 saturated carbocycles. The predicted molar refractivity (Wildman–Crippen MR) is 92.5 cm³/mol. The summed E-state index contributed by atoms with van der Waals surface area (Å²) in [4.78, 5) is 0. The van der Waals surface area contributed by atoms with E-state index in [0.717, 1.165) is 0 Å². The van der Waals surface area contributed by atoms with Crippen molar-refractivity contribution in [2.75, 3.05) is 0 Å². The van der Waals surface area contributed by atoms with Gasteiger partial charge in [0, 0.05) is 25.5 Å². The van der Waals surface area contributed by atoms with Crippen molar-refractivity contribution in [3.05, 3.63) is 30.1 Å². The van der Waals surface area contributed by atoms with Crippen LogP contribution in [-0.2, 0) is 6.54 Å². The van der Waals surface area contributed by atoms with E-state index in [1.54, 1.807) is 0 Å². The minimum atomic E-state index is 1.18. The fraction of sp³-hybridized carbons (Fsp3) is 0.750. The zero-order valence-corrected chi connectivity index (χ0v) is 14.4. The van der Waals surface area contributed by atoms with E-state index in [1.165, 1.54) is 89.3 Å². The van der Waals surface area contributed by atoms with Crippen molar-refractivity contribution in [1.82, 2.24) is 0 Å². The molecule has 1 heteroatoms. The van der Waals surface area contributed by atoms with Crippen LogP contribution in [0, 0.1) is 6.92 Å². The minimum absolute atomic E-state index is 1.18. The fourth-order valence-electron chi connectivity index (χ4n) is 2.94. The molecule has 0 aromatic carbocycles. The molecule has 1 nitrogen and oxygen atoms in total. The van der Waals surface area contributed by atoms with Crippen LogP contribution in [0.3, 0.4) is 0 Å². The second kappa shape index (κ2) is 12.9. The highest BCUT2D eigenvalue weighted by Gasteiger charge is 2.03. The molecule has 120 valence electrons. The van der Waals surface area contributed by atoms with E-state index < -0.39 is 0 Å². The highest BCUT2D eigenvalue weighted by molar-refractivity contribution is 4.93. The molecule has 0 atom stereocenters. The Bertz CT molecular complexity index is 345. The molecule has 21 heavy (non-hydrogen) atoms. The van der Waals surface area contributed by atoms with Crippen molar-refractivity contribution in [1.29, 1.82) is 0 Å². The van der Waals surface area contributed by atoms with Crippen LogP contribution >= 0.6 is 0 Å². The monoisotopic (exact) mass is 290 g/mol. The molecule has 0 aliphatic heterocycles. The van der Waals surface area contributed by atoms with E-state index in [4.69, 9.17) is 0 Å². The van der Waals surface area contributed by atoms with Crippen molar-refractivity contribution in [2.45, 2.75) is 97.4 Å². The van der Waals surface area contributed by atoms with Crippen LogP contribution in [-0.4, -0.2) is 0 Å². The predicted octanol–water partition coefficient (Wildman–Crippen LogP) is 5.98. The Hall–Kier alpha value is -0.850. The molecule has 0 saturated heterocycles. The van der Waals surface area contributed by atoms with Gasteiger partial charge in [-0.1, -0.05) is 77.2 Å². The first-order chi connectivity index (χ1) is 10.3. The number of rotatable bonds is 13. The number of pyridine rings is 1. The first-order valence-corrected chi connectivity index (χ1v) is 9.29. The highest BCUT2D eigenvalue weighted by atomic mass is 14.9. The molecule has 0 fully saturated rings. The Labute approximate surface area is 132 Å². The molecule has 0 amide bonds. The van der Waals surface area contributed by atoms with Gasteiger partial charge in [0.1, 0.15) is 6.54 Å². The van der Waals surface area contributed by atoms with Gasteiger partial charge in [-0.25, -0.2) is 4.57 Å². The lowest BCUT2D eigenvalue weighted by molar-refractivity contribution is -0.703. The average molecular weight is 291 g/mol. The van der Waals surface area contributed by atoms with Gasteiger partial charge in [-0.15, -0.1) is 0 Å². The lowest BCUT2D eigenvalue weighted by Gasteiger charge is -2.03. The minimum Gasteiger partial charge on any atom is -0.203 e. The number of aryl methyl sites for hydroxylation is 2. The fourth-order valence-corrected chi connectivity index (χ4v) is 2.94. The van der Waals surface area contributed by atoms with Crippen molar-refractivity contribution < 1.29 is 4.57 Å². The molecular formula is C20H36N+. The Morgan fingerprint density at radius 3 is 1.76 bits per heavy atom. The Morgan fingerprint density at radius 1 is 0.714 bits per heavy atom. The maximum atomic E-state index is 2.37. The van der Waals surface area contributed by atoms with Crippen LogP contribution < -0.4 is 4.57 Å². The summed E-state index contributed by atoms with van der Waals surface area (Å²) in [5.74, 6) is 0. The number of aromatic nitrogens is 1. The van der Waals surface area contributed by atoms with Gasteiger partial charge >= 0.3 is 0 Å². The number of hydrogen-bond acceptors (Lipinski definition) is 0. The normalized spacial score (nSPS) is 11.0. The van der Waals surface area contributed by atoms with Crippen LogP contribution in [0.1, 0.15) is 89.7 Å². The molecule has 1 rings (SSSR count).